The maximum atomic E-state index is 12.7. The van der Waals surface area contributed by atoms with E-state index in [4.69, 9.17) is 0 Å². The smallest absolute Gasteiger partial charge is 0.253 e. The van der Waals surface area contributed by atoms with Crippen LogP contribution in [0.25, 0.3) is 0 Å². The SMILES string of the molecule is CN(CCC1CCCCC1)C(=O)c1cccc(CN2CCCC2=O)c1. The molecule has 2 amide bonds. The Morgan fingerprint density at radius 2 is 2.00 bits per heavy atom. The molecule has 1 aromatic carbocycles. The number of hydrogen-bond acceptors (Lipinski definition) is 2. The van der Waals surface area contributed by atoms with Crippen molar-refractivity contribution in [2.24, 2.45) is 5.92 Å². The molecule has 0 unspecified atom stereocenters. The summed E-state index contributed by atoms with van der Waals surface area (Å²) in [5.41, 5.74) is 1.78. The molecule has 136 valence electrons. The Morgan fingerprint density at radius 3 is 2.72 bits per heavy atom. The van der Waals surface area contributed by atoms with Crippen molar-refractivity contribution in [1.29, 1.82) is 0 Å². The fourth-order valence-corrected chi connectivity index (χ4v) is 4.07. The second-order valence-electron chi connectivity index (χ2n) is 7.64. The van der Waals surface area contributed by atoms with Gasteiger partial charge in [-0.25, -0.2) is 0 Å². The summed E-state index contributed by atoms with van der Waals surface area (Å²) < 4.78 is 0. The zero-order chi connectivity index (χ0) is 17.6. The van der Waals surface area contributed by atoms with Gasteiger partial charge in [-0.1, -0.05) is 44.2 Å². The summed E-state index contributed by atoms with van der Waals surface area (Å²) in [7, 11) is 1.90. The molecular formula is C21H30N2O2. The molecule has 0 bridgehead atoms. The Hall–Kier alpha value is -1.84. The van der Waals surface area contributed by atoms with Crippen LogP contribution in [0.2, 0.25) is 0 Å². The minimum absolute atomic E-state index is 0.0883. The lowest BCUT2D eigenvalue weighted by Crippen LogP contribution is -2.29. The second-order valence-corrected chi connectivity index (χ2v) is 7.64. The van der Waals surface area contributed by atoms with Gasteiger partial charge in [0.2, 0.25) is 5.91 Å². The number of carbonyl (C=O) groups excluding carboxylic acids is 2. The first-order valence-corrected chi connectivity index (χ1v) is 9.75. The Bertz CT molecular complexity index is 608. The Balaban J connectivity index is 1.55. The summed E-state index contributed by atoms with van der Waals surface area (Å²) in [6.07, 6.45) is 9.42. The third-order valence-corrected chi connectivity index (χ3v) is 5.66. The summed E-state index contributed by atoms with van der Waals surface area (Å²) in [6, 6.07) is 7.77. The van der Waals surface area contributed by atoms with E-state index in [-0.39, 0.29) is 11.8 Å². The fourth-order valence-electron chi connectivity index (χ4n) is 4.07. The van der Waals surface area contributed by atoms with E-state index in [9.17, 15) is 9.59 Å². The zero-order valence-electron chi connectivity index (χ0n) is 15.4. The summed E-state index contributed by atoms with van der Waals surface area (Å²) in [5, 5.41) is 0. The monoisotopic (exact) mass is 342 g/mol. The molecule has 0 spiro atoms. The lowest BCUT2D eigenvalue weighted by atomic mass is 9.87. The van der Waals surface area contributed by atoms with Crippen molar-refractivity contribution in [3.8, 4) is 0 Å². The highest BCUT2D eigenvalue weighted by Gasteiger charge is 2.21. The van der Waals surface area contributed by atoms with Crippen molar-refractivity contribution in [1.82, 2.24) is 9.80 Å². The molecular weight excluding hydrogens is 312 g/mol. The van der Waals surface area contributed by atoms with Crippen LogP contribution in [0.5, 0.6) is 0 Å². The van der Waals surface area contributed by atoms with Gasteiger partial charge in [-0.2, -0.15) is 0 Å². The molecule has 0 aromatic heterocycles. The van der Waals surface area contributed by atoms with Gasteiger partial charge >= 0.3 is 0 Å². The van der Waals surface area contributed by atoms with Crippen LogP contribution in [0.4, 0.5) is 0 Å². The van der Waals surface area contributed by atoms with E-state index in [1.807, 2.05) is 41.1 Å². The first-order chi connectivity index (χ1) is 12.1. The van der Waals surface area contributed by atoms with Crippen molar-refractivity contribution in [3.63, 3.8) is 0 Å². The number of amides is 2. The predicted octanol–water partition coefficient (Wildman–Crippen LogP) is 3.85. The van der Waals surface area contributed by atoms with Gasteiger partial charge in [-0.15, -0.1) is 0 Å². The van der Waals surface area contributed by atoms with Crippen molar-refractivity contribution in [2.45, 2.75) is 57.9 Å². The van der Waals surface area contributed by atoms with Crippen LogP contribution in [0.1, 0.15) is 67.3 Å². The molecule has 4 heteroatoms. The van der Waals surface area contributed by atoms with E-state index in [0.717, 1.165) is 43.0 Å². The molecule has 25 heavy (non-hydrogen) atoms. The number of hydrogen-bond donors (Lipinski definition) is 0. The number of nitrogens with zero attached hydrogens (tertiary/aromatic N) is 2. The van der Waals surface area contributed by atoms with Gasteiger partial charge in [0.1, 0.15) is 0 Å². The summed E-state index contributed by atoms with van der Waals surface area (Å²) in [5.74, 6) is 1.10. The summed E-state index contributed by atoms with van der Waals surface area (Å²) in [4.78, 5) is 28.2. The Kier molecular flexibility index (Phi) is 6.11. The molecule has 1 aromatic rings. The van der Waals surface area contributed by atoms with Gasteiger partial charge in [0.25, 0.3) is 5.91 Å². The van der Waals surface area contributed by atoms with E-state index >= 15 is 0 Å². The lowest BCUT2D eigenvalue weighted by Gasteiger charge is -2.25. The van der Waals surface area contributed by atoms with Crippen LogP contribution in [0, 0.1) is 5.92 Å². The molecule has 1 saturated carbocycles. The zero-order valence-corrected chi connectivity index (χ0v) is 15.4. The highest BCUT2D eigenvalue weighted by molar-refractivity contribution is 5.94. The molecule has 0 radical (unpaired) electrons. The van der Waals surface area contributed by atoms with Crippen LogP contribution < -0.4 is 0 Å². The standard InChI is InChI=1S/C21H30N2O2/c1-22(14-12-17-7-3-2-4-8-17)21(25)19-10-5-9-18(15-19)16-23-13-6-11-20(23)24/h5,9-10,15,17H,2-4,6-8,11-14,16H2,1H3. The Morgan fingerprint density at radius 1 is 1.20 bits per heavy atom. The molecule has 1 aliphatic carbocycles. The molecule has 2 aliphatic rings. The minimum atomic E-state index is 0.0883. The number of likely N-dealkylation sites (tertiary alicyclic amines) is 1. The number of benzene rings is 1. The summed E-state index contributed by atoms with van der Waals surface area (Å²) >= 11 is 0. The van der Waals surface area contributed by atoms with Crippen molar-refractivity contribution >= 4 is 11.8 Å². The second kappa shape index (κ2) is 8.50. The normalized spacial score (nSPS) is 18.6. The van der Waals surface area contributed by atoms with E-state index in [1.54, 1.807) is 0 Å². The molecule has 1 aliphatic heterocycles. The van der Waals surface area contributed by atoms with Gasteiger partial charge < -0.3 is 9.80 Å². The van der Waals surface area contributed by atoms with Crippen molar-refractivity contribution < 1.29 is 9.59 Å². The van der Waals surface area contributed by atoms with E-state index in [1.165, 1.54) is 32.1 Å². The van der Waals surface area contributed by atoms with Gasteiger partial charge in [0.15, 0.2) is 0 Å². The van der Waals surface area contributed by atoms with Gasteiger partial charge in [-0.3, -0.25) is 9.59 Å². The van der Waals surface area contributed by atoms with Gasteiger partial charge in [0.05, 0.1) is 0 Å². The van der Waals surface area contributed by atoms with Crippen LogP contribution in [-0.4, -0.2) is 41.8 Å². The van der Waals surface area contributed by atoms with Crippen LogP contribution in [0.3, 0.4) is 0 Å². The highest BCUT2D eigenvalue weighted by Crippen LogP contribution is 2.26. The maximum Gasteiger partial charge on any atom is 0.253 e. The minimum Gasteiger partial charge on any atom is -0.342 e. The van der Waals surface area contributed by atoms with Gasteiger partial charge in [0, 0.05) is 38.7 Å². The topological polar surface area (TPSA) is 40.6 Å². The van der Waals surface area contributed by atoms with Crippen molar-refractivity contribution in [3.05, 3.63) is 35.4 Å². The molecule has 0 N–H and O–H groups in total. The molecule has 3 rings (SSSR count). The van der Waals surface area contributed by atoms with E-state index in [0.29, 0.717) is 13.0 Å². The van der Waals surface area contributed by atoms with Crippen molar-refractivity contribution in [2.75, 3.05) is 20.1 Å². The highest BCUT2D eigenvalue weighted by atomic mass is 16.2. The fraction of sp³-hybridized carbons (Fsp3) is 0.619. The largest absolute Gasteiger partial charge is 0.342 e. The van der Waals surface area contributed by atoms with E-state index < -0.39 is 0 Å². The molecule has 0 atom stereocenters. The Labute approximate surface area is 151 Å². The molecule has 1 heterocycles. The quantitative estimate of drug-likeness (QED) is 0.788. The third kappa shape index (κ3) is 4.83. The predicted molar refractivity (Wildman–Crippen MR) is 99.2 cm³/mol. The molecule has 1 saturated heterocycles. The maximum absolute atomic E-state index is 12.7. The first kappa shape index (κ1) is 18.0. The summed E-state index contributed by atoms with van der Waals surface area (Å²) in [6.45, 7) is 2.28. The molecule has 4 nitrogen and oxygen atoms in total. The number of rotatable bonds is 6. The van der Waals surface area contributed by atoms with Crippen LogP contribution in [0.15, 0.2) is 24.3 Å². The first-order valence-electron chi connectivity index (χ1n) is 9.75. The average Bonchev–Trinajstić information content (AvgIpc) is 3.05. The molecule has 2 fully saturated rings. The van der Waals surface area contributed by atoms with E-state index in [2.05, 4.69) is 0 Å². The average molecular weight is 342 g/mol. The van der Waals surface area contributed by atoms with Crippen LogP contribution >= 0.6 is 0 Å². The lowest BCUT2D eigenvalue weighted by molar-refractivity contribution is -0.128. The van der Waals surface area contributed by atoms with Gasteiger partial charge in [-0.05, 0) is 36.5 Å². The number of carbonyl (C=O) groups is 2. The third-order valence-electron chi connectivity index (χ3n) is 5.66. The van der Waals surface area contributed by atoms with Crippen LogP contribution in [-0.2, 0) is 11.3 Å².